The minimum Gasteiger partial charge on any atom is -0.345 e. The first-order valence-electron chi connectivity index (χ1n) is 7.71. The first-order chi connectivity index (χ1) is 9.66. The Bertz CT molecular complexity index is 412. The van der Waals surface area contributed by atoms with Crippen LogP contribution >= 0.6 is 0 Å². The van der Waals surface area contributed by atoms with Gasteiger partial charge in [0.05, 0.1) is 0 Å². The van der Waals surface area contributed by atoms with Crippen LogP contribution in [-0.4, -0.2) is 24.4 Å². The molecule has 20 heavy (non-hydrogen) atoms. The zero-order chi connectivity index (χ0) is 14.4. The Morgan fingerprint density at radius 2 is 1.90 bits per heavy atom. The molecule has 0 bridgehead atoms. The Labute approximate surface area is 122 Å². The zero-order valence-corrected chi connectivity index (χ0v) is 12.4. The molecule has 1 aliphatic carbocycles. The quantitative estimate of drug-likeness (QED) is 0.896. The van der Waals surface area contributed by atoms with E-state index in [2.05, 4.69) is 0 Å². The van der Waals surface area contributed by atoms with Crippen molar-refractivity contribution in [3.05, 3.63) is 35.9 Å². The summed E-state index contributed by atoms with van der Waals surface area (Å²) in [5.41, 5.74) is 7.15. The summed E-state index contributed by atoms with van der Waals surface area (Å²) in [6.45, 7) is 0.889. The largest absolute Gasteiger partial charge is 0.345 e. The number of rotatable bonds is 5. The number of amides is 1. The van der Waals surface area contributed by atoms with Crippen molar-refractivity contribution >= 4 is 5.91 Å². The molecule has 0 saturated heterocycles. The van der Waals surface area contributed by atoms with E-state index in [0.29, 0.717) is 12.3 Å². The van der Waals surface area contributed by atoms with Crippen molar-refractivity contribution in [1.29, 1.82) is 0 Å². The lowest BCUT2D eigenvalue weighted by molar-refractivity contribution is -0.131. The van der Waals surface area contributed by atoms with Gasteiger partial charge in [0.2, 0.25) is 5.91 Å². The van der Waals surface area contributed by atoms with Crippen LogP contribution < -0.4 is 5.73 Å². The summed E-state index contributed by atoms with van der Waals surface area (Å²) in [5, 5.41) is 0. The molecule has 1 fully saturated rings. The van der Waals surface area contributed by atoms with Crippen LogP contribution in [0.2, 0.25) is 0 Å². The molecule has 110 valence electrons. The number of carbonyl (C=O) groups excluding carboxylic acids is 1. The summed E-state index contributed by atoms with van der Waals surface area (Å²) in [6.07, 6.45) is 6.91. The lowest BCUT2D eigenvalue weighted by atomic mass is 9.89. The van der Waals surface area contributed by atoms with E-state index >= 15 is 0 Å². The second-order valence-corrected chi connectivity index (χ2v) is 6.00. The highest BCUT2D eigenvalue weighted by atomic mass is 16.2. The number of benzene rings is 1. The standard InChI is InChI=1S/C17H26N2O/c1-19(13-14-8-4-2-5-9-14)17(20)12-16(18)15-10-6-3-7-11-15/h3,6-7,10-11,14,16H,2,4-5,8-9,12-13,18H2,1H3. The topological polar surface area (TPSA) is 46.3 Å². The maximum atomic E-state index is 12.2. The summed E-state index contributed by atoms with van der Waals surface area (Å²) in [4.78, 5) is 14.1. The summed E-state index contributed by atoms with van der Waals surface area (Å²) in [7, 11) is 1.91. The molecular weight excluding hydrogens is 248 g/mol. The molecule has 1 atom stereocenters. The van der Waals surface area contributed by atoms with Crippen molar-refractivity contribution in [2.75, 3.05) is 13.6 Å². The van der Waals surface area contributed by atoms with Gasteiger partial charge in [-0.1, -0.05) is 49.6 Å². The van der Waals surface area contributed by atoms with E-state index in [9.17, 15) is 4.79 Å². The van der Waals surface area contributed by atoms with Crippen molar-refractivity contribution in [3.8, 4) is 0 Å². The summed E-state index contributed by atoms with van der Waals surface area (Å²) < 4.78 is 0. The molecule has 3 heteroatoms. The molecule has 2 rings (SSSR count). The third kappa shape index (κ3) is 4.34. The highest BCUT2D eigenvalue weighted by Gasteiger charge is 2.20. The molecule has 1 aliphatic rings. The van der Waals surface area contributed by atoms with Gasteiger partial charge in [0, 0.05) is 26.1 Å². The fraction of sp³-hybridized carbons (Fsp3) is 0.588. The lowest BCUT2D eigenvalue weighted by Crippen LogP contribution is -2.34. The third-order valence-electron chi connectivity index (χ3n) is 4.30. The van der Waals surface area contributed by atoms with E-state index < -0.39 is 0 Å². The third-order valence-corrected chi connectivity index (χ3v) is 4.30. The van der Waals surface area contributed by atoms with Crippen LogP contribution in [0.3, 0.4) is 0 Å². The molecule has 1 aromatic carbocycles. The predicted molar refractivity (Wildman–Crippen MR) is 82.2 cm³/mol. The van der Waals surface area contributed by atoms with Crippen LogP contribution in [0, 0.1) is 5.92 Å². The fourth-order valence-corrected chi connectivity index (χ4v) is 3.02. The molecule has 0 aromatic heterocycles. The van der Waals surface area contributed by atoms with Crippen LogP contribution in [0.15, 0.2) is 30.3 Å². The molecular formula is C17H26N2O. The maximum absolute atomic E-state index is 12.2. The number of hydrogen-bond donors (Lipinski definition) is 1. The first kappa shape index (κ1) is 15.0. The van der Waals surface area contributed by atoms with Gasteiger partial charge in [0.15, 0.2) is 0 Å². The smallest absolute Gasteiger partial charge is 0.224 e. The molecule has 1 aromatic rings. The van der Waals surface area contributed by atoms with Gasteiger partial charge in [-0.25, -0.2) is 0 Å². The van der Waals surface area contributed by atoms with Crippen molar-refractivity contribution in [2.45, 2.75) is 44.6 Å². The monoisotopic (exact) mass is 274 g/mol. The van der Waals surface area contributed by atoms with Gasteiger partial charge in [-0.05, 0) is 24.3 Å². The molecule has 0 radical (unpaired) electrons. The molecule has 2 N–H and O–H groups in total. The Balaban J connectivity index is 1.81. The zero-order valence-electron chi connectivity index (χ0n) is 12.4. The number of hydrogen-bond acceptors (Lipinski definition) is 2. The number of nitrogens with zero attached hydrogens (tertiary/aromatic N) is 1. The predicted octanol–water partition coefficient (Wildman–Crippen LogP) is 3.12. The molecule has 0 heterocycles. The van der Waals surface area contributed by atoms with Crippen LogP contribution in [0.5, 0.6) is 0 Å². The van der Waals surface area contributed by atoms with Gasteiger partial charge in [0.25, 0.3) is 0 Å². The van der Waals surface area contributed by atoms with Gasteiger partial charge in [-0.15, -0.1) is 0 Å². The molecule has 1 unspecified atom stereocenters. The molecule has 0 aliphatic heterocycles. The van der Waals surface area contributed by atoms with Crippen LogP contribution in [0.4, 0.5) is 0 Å². The second-order valence-electron chi connectivity index (χ2n) is 6.00. The Morgan fingerprint density at radius 3 is 2.55 bits per heavy atom. The van der Waals surface area contributed by atoms with E-state index in [-0.39, 0.29) is 11.9 Å². The van der Waals surface area contributed by atoms with E-state index in [1.165, 1.54) is 32.1 Å². The molecule has 1 amide bonds. The van der Waals surface area contributed by atoms with E-state index in [1.807, 2.05) is 42.3 Å². The Kier molecular flexibility index (Phi) is 5.60. The summed E-state index contributed by atoms with van der Waals surface area (Å²) in [5.74, 6) is 0.845. The van der Waals surface area contributed by atoms with Crippen LogP contribution in [0.25, 0.3) is 0 Å². The molecule has 3 nitrogen and oxygen atoms in total. The highest BCUT2D eigenvalue weighted by molar-refractivity contribution is 5.76. The van der Waals surface area contributed by atoms with Crippen molar-refractivity contribution in [3.63, 3.8) is 0 Å². The molecule has 0 spiro atoms. The van der Waals surface area contributed by atoms with Gasteiger partial charge in [0.1, 0.15) is 0 Å². The summed E-state index contributed by atoms with van der Waals surface area (Å²) >= 11 is 0. The van der Waals surface area contributed by atoms with Crippen molar-refractivity contribution < 1.29 is 4.79 Å². The Morgan fingerprint density at radius 1 is 1.25 bits per heavy atom. The van der Waals surface area contributed by atoms with Crippen LogP contribution in [0.1, 0.15) is 50.1 Å². The van der Waals surface area contributed by atoms with Gasteiger partial charge < -0.3 is 10.6 Å². The number of nitrogens with two attached hydrogens (primary N) is 1. The Hall–Kier alpha value is -1.35. The average molecular weight is 274 g/mol. The van der Waals surface area contributed by atoms with E-state index in [1.54, 1.807) is 0 Å². The van der Waals surface area contributed by atoms with E-state index in [0.717, 1.165) is 12.1 Å². The van der Waals surface area contributed by atoms with E-state index in [4.69, 9.17) is 5.73 Å². The molecule has 1 saturated carbocycles. The maximum Gasteiger partial charge on any atom is 0.224 e. The number of carbonyl (C=O) groups is 1. The first-order valence-corrected chi connectivity index (χ1v) is 7.71. The van der Waals surface area contributed by atoms with Gasteiger partial charge >= 0.3 is 0 Å². The van der Waals surface area contributed by atoms with Gasteiger partial charge in [-0.2, -0.15) is 0 Å². The summed E-state index contributed by atoms with van der Waals surface area (Å²) in [6, 6.07) is 9.67. The minimum atomic E-state index is -0.197. The lowest BCUT2D eigenvalue weighted by Gasteiger charge is -2.27. The van der Waals surface area contributed by atoms with Crippen LogP contribution in [-0.2, 0) is 4.79 Å². The van der Waals surface area contributed by atoms with Crippen molar-refractivity contribution in [1.82, 2.24) is 4.90 Å². The second kappa shape index (κ2) is 7.44. The van der Waals surface area contributed by atoms with Crippen molar-refractivity contribution in [2.24, 2.45) is 11.7 Å². The average Bonchev–Trinajstić information content (AvgIpc) is 2.49. The minimum absolute atomic E-state index is 0.159. The fourth-order valence-electron chi connectivity index (χ4n) is 3.02. The highest BCUT2D eigenvalue weighted by Crippen LogP contribution is 2.24. The SMILES string of the molecule is CN(CC1CCCCC1)C(=O)CC(N)c1ccccc1. The van der Waals surface area contributed by atoms with Gasteiger partial charge in [-0.3, -0.25) is 4.79 Å². The normalized spacial score (nSPS) is 17.7.